The van der Waals surface area contributed by atoms with Crippen molar-refractivity contribution in [2.24, 2.45) is 0 Å². The van der Waals surface area contributed by atoms with Crippen LogP contribution in [0.15, 0.2) is 12.2 Å². The molecule has 0 heterocycles. The minimum absolute atomic E-state index is 0.120. The van der Waals surface area contributed by atoms with Crippen LogP contribution in [0.1, 0.15) is 34.6 Å². The number of rotatable bonds is 8. The molecule has 0 rings (SSSR count). The lowest BCUT2D eigenvalue weighted by atomic mass is 10.0. The van der Waals surface area contributed by atoms with Gasteiger partial charge in [-0.15, -0.1) is 0 Å². The molecule has 0 aliphatic heterocycles. The highest BCUT2D eigenvalue weighted by atomic mass is 16.6. The Kier molecular flexibility index (Phi) is 5.79. The largest absolute Gasteiger partial charge is 0.374 e. The second-order valence-corrected chi connectivity index (χ2v) is 6.26. The van der Waals surface area contributed by atoms with E-state index < -0.39 is 27.2 Å². The Morgan fingerprint density at radius 2 is 1.45 bits per heavy atom. The molecule has 1 unspecified atom stereocenters. The number of hydrogen-bond acceptors (Lipinski definition) is 6. The van der Waals surface area contributed by atoms with Gasteiger partial charge in [0.1, 0.15) is 6.23 Å². The molecule has 1 N–H and O–H groups in total. The second kappa shape index (κ2) is 6.27. The van der Waals surface area contributed by atoms with Crippen molar-refractivity contribution < 1.29 is 15.0 Å². The minimum atomic E-state index is -1.33. The van der Waals surface area contributed by atoms with E-state index >= 15 is 0 Å². The van der Waals surface area contributed by atoms with Crippen LogP contribution in [0.3, 0.4) is 0 Å². The number of aliphatic hydroxyl groups excluding tert-OH is 1. The van der Waals surface area contributed by atoms with Gasteiger partial charge in [-0.05, 0) is 12.5 Å². The highest BCUT2D eigenvalue weighted by molar-refractivity contribution is 4.98. The van der Waals surface area contributed by atoms with Crippen LogP contribution in [0, 0.1) is 20.2 Å². The van der Waals surface area contributed by atoms with Gasteiger partial charge in [-0.3, -0.25) is 25.1 Å². The van der Waals surface area contributed by atoms with E-state index in [4.69, 9.17) is 0 Å². The van der Waals surface area contributed by atoms with Gasteiger partial charge in [0.05, 0.1) is 13.1 Å². The van der Waals surface area contributed by atoms with Gasteiger partial charge in [-0.1, -0.05) is 6.58 Å². The molecular weight excluding hydrogens is 266 g/mol. The third-order valence-corrected chi connectivity index (χ3v) is 2.96. The first-order valence-electron chi connectivity index (χ1n) is 6.18. The summed E-state index contributed by atoms with van der Waals surface area (Å²) in [5.74, 6) is 0. The smallest absolute Gasteiger partial charge is 0.229 e. The molecule has 0 fully saturated rings. The predicted molar refractivity (Wildman–Crippen MR) is 74.5 cm³/mol. The minimum Gasteiger partial charge on any atom is -0.374 e. The Balaban J connectivity index is 5.26. The zero-order chi connectivity index (χ0) is 16.3. The van der Waals surface area contributed by atoms with Crippen LogP contribution in [0.25, 0.3) is 0 Å². The van der Waals surface area contributed by atoms with Crippen LogP contribution in [0.4, 0.5) is 0 Å². The summed E-state index contributed by atoms with van der Waals surface area (Å²) in [7, 11) is 0. The fraction of sp³-hybridized carbons (Fsp3) is 0.833. The molecule has 1 atom stereocenters. The summed E-state index contributed by atoms with van der Waals surface area (Å²) in [6.45, 7) is 10.5. The summed E-state index contributed by atoms with van der Waals surface area (Å²) in [5, 5.41) is 32.0. The lowest BCUT2D eigenvalue weighted by Gasteiger charge is -2.34. The zero-order valence-electron chi connectivity index (χ0n) is 12.6. The molecule has 0 radical (unpaired) electrons. The lowest BCUT2D eigenvalue weighted by Crippen LogP contribution is -2.54. The second-order valence-electron chi connectivity index (χ2n) is 6.26. The van der Waals surface area contributed by atoms with Gasteiger partial charge in [0.15, 0.2) is 0 Å². The maximum absolute atomic E-state index is 11.0. The summed E-state index contributed by atoms with van der Waals surface area (Å²) in [5.41, 5.74) is -2.28. The summed E-state index contributed by atoms with van der Waals surface area (Å²) < 4.78 is 0. The summed E-state index contributed by atoms with van der Waals surface area (Å²) in [6.07, 6.45) is -1.16. The van der Waals surface area contributed by atoms with Crippen molar-refractivity contribution in [3.8, 4) is 0 Å². The number of nitro groups is 2. The molecular formula is C12H23N3O5. The molecule has 0 aromatic heterocycles. The van der Waals surface area contributed by atoms with Crippen molar-refractivity contribution >= 4 is 0 Å². The molecule has 0 saturated carbocycles. The van der Waals surface area contributed by atoms with Gasteiger partial charge in [0, 0.05) is 37.5 Å². The lowest BCUT2D eigenvalue weighted by molar-refractivity contribution is -0.570. The molecule has 8 heteroatoms. The van der Waals surface area contributed by atoms with E-state index in [0.29, 0.717) is 5.57 Å². The molecule has 116 valence electrons. The molecule has 0 aromatic carbocycles. The molecule has 0 aromatic rings. The first kappa shape index (κ1) is 18.5. The van der Waals surface area contributed by atoms with Crippen LogP contribution in [0.5, 0.6) is 0 Å². The molecule has 0 spiro atoms. The van der Waals surface area contributed by atoms with Crippen molar-refractivity contribution in [2.75, 3.05) is 13.1 Å². The van der Waals surface area contributed by atoms with Gasteiger partial charge in [-0.25, -0.2) is 0 Å². The van der Waals surface area contributed by atoms with E-state index in [1.54, 1.807) is 6.92 Å². The van der Waals surface area contributed by atoms with E-state index in [-0.39, 0.29) is 13.1 Å². The normalized spacial score (nSPS) is 14.2. The molecule has 0 amide bonds. The molecule has 0 aliphatic carbocycles. The first-order chi connectivity index (χ1) is 8.81. The van der Waals surface area contributed by atoms with Gasteiger partial charge in [0.2, 0.25) is 11.1 Å². The molecule has 0 saturated heterocycles. The predicted octanol–water partition coefficient (Wildman–Crippen LogP) is 1.29. The Bertz CT molecular complexity index is 378. The van der Waals surface area contributed by atoms with E-state index in [1.807, 2.05) is 0 Å². The van der Waals surface area contributed by atoms with Crippen molar-refractivity contribution in [3.05, 3.63) is 32.4 Å². The Hall–Kier alpha value is -1.54. The number of aliphatic hydroxyl groups is 1. The summed E-state index contributed by atoms with van der Waals surface area (Å²) in [6, 6.07) is 0. The van der Waals surface area contributed by atoms with E-state index in [1.165, 1.54) is 32.6 Å². The number of nitrogens with zero attached hydrogens (tertiary/aromatic N) is 3. The van der Waals surface area contributed by atoms with E-state index in [2.05, 4.69) is 6.58 Å². The molecule has 20 heavy (non-hydrogen) atoms. The highest BCUT2D eigenvalue weighted by Crippen LogP contribution is 2.19. The van der Waals surface area contributed by atoms with Crippen LogP contribution in [0.2, 0.25) is 0 Å². The maximum atomic E-state index is 11.0. The first-order valence-corrected chi connectivity index (χ1v) is 6.18. The Morgan fingerprint density at radius 3 is 1.65 bits per heavy atom. The zero-order valence-corrected chi connectivity index (χ0v) is 12.6. The van der Waals surface area contributed by atoms with Crippen molar-refractivity contribution in [1.29, 1.82) is 0 Å². The molecule has 0 aliphatic rings. The van der Waals surface area contributed by atoms with Crippen molar-refractivity contribution in [2.45, 2.75) is 51.9 Å². The van der Waals surface area contributed by atoms with Crippen molar-refractivity contribution in [1.82, 2.24) is 4.90 Å². The van der Waals surface area contributed by atoms with Gasteiger partial charge in [-0.2, -0.15) is 0 Å². The van der Waals surface area contributed by atoms with Crippen LogP contribution >= 0.6 is 0 Å². The van der Waals surface area contributed by atoms with Crippen LogP contribution in [-0.4, -0.2) is 50.2 Å². The summed E-state index contributed by atoms with van der Waals surface area (Å²) >= 11 is 0. The third-order valence-electron chi connectivity index (χ3n) is 2.96. The highest BCUT2D eigenvalue weighted by Gasteiger charge is 2.41. The number of hydrogen-bond donors (Lipinski definition) is 1. The Morgan fingerprint density at radius 1 is 1.15 bits per heavy atom. The van der Waals surface area contributed by atoms with Gasteiger partial charge in [0.25, 0.3) is 0 Å². The van der Waals surface area contributed by atoms with Crippen LogP contribution in [-0.2, 0) is 0 Å². The monoisotopic (exact) mass is 289 g/mol. The maximum Gasteiger partial charge on any atom is 0.229 e. The summed E-state index contributed by atoms with van der Waals surface area (Å²) in [4.78, 5) is 22.4. The van der Waals surface area contributed by atoms with E-state index in [9.17, 15) is 25.3 Å². The topological polar surface area (TPSA) is 110 Å². The average Bonchev–Trinajstić information content (AvgIpc) is 2.25. The SMILES string of the molecule is C=C(C)C(O)N(CC(C)(C)[N+](=O)[O-])CC(C)(C)[N+](=O)[O-]. The standard InChI is InChI=1S/C12H23N3O5/c1-9(2)10(16)13(7-11(3,4)14(17)18)8-12(5,6)15(19)20/h10,16H,1,7-8H2,2-6H3. The molecule has 8 nitrogen and oxygen atoms in total. The van der Waals surface area contributed by atoms with Crippen LogP contribution < -0.4 is 0 Å². The average molecular weight is 289 g/mol. The van der Waals surface area contributed by atoms with E-state index in [0.717, 1.165) is 0 Å². The van der Waals surface area contributed by atoms with Crippen molar-refractivity contribution in [3.63, 3.8) is 0 Å². The quantitative estimate of drug-likeness (QED) is 0.312. The Labute approximate surface area is 118 Å². The third kappa shape index (κ3) is 4.86. The van der Waals surface area contributed by atoms with Gasteiger partial charge >= 0.3 is 0 Å². The van der Waals surface area contributed by atoms with Gasteiger partial charge < -0.3 is 5.11 Å². The fourth-order valence-electron chi connectivity index (χ4n) is 1.65. The fourth-order valence-corrected chi connectivity index (χ4v) is 1.65. The molecule has 0 bridgehead atoms.